The number of ether oxygens (including phenoxy) is 1. The van der Waals surface area contributed by atoms with E-state index >= 15 is 0 Å². The lowest BCUT2D eigenvalue weighted by molar-refractivity contribution is -0.391. The molecule has 2 aliphatic heterocycles. The molecule has 1 aromatic rings. The van der Waals surface area contributed by atoms with Gasteiger partial charge in [0.05, 0.1) is 6.54 Å². The highest BCUT2D eigenvalue weighted by molar-refractivity contribution is 5.47. The summed E-state index contributed by atoms with van der Waals surface area (Å²) in [5.41, 5.74) is 0. The zero-order valence-corrected chi connectivity index (χ0v) is 6.48. The third kappa shape index (κ3) is 0.715. The Morgan fingerprint density at radius 1 is 1.75 bits per heavy atom. The highest BCUT2D eigenvalue weighted by Gasteiger charge is 2.39. The second-order valence-electron chi connectivity index (χ2n) is 2.53. The SMILES string of the molecule is CCCn1c2nc(c1[N+](=O)[O-])O2. The fraction of sp³-hybridized carbons (Fsp3) is 0.500. The first-order valence-electron chi connectivity index (χ1n) is 3.66. The molecular weight excluding hydrogens is 162 g/mol. The van der Waals surface area contributed by atoms with Crippen LogP contribution < -0.4 is 4.74 Å². The van der Waals surface area contributed by atoms with Crippen molar-refractivity contribution in [1.82, 2.24) is 9.55 Å². The van der Waals surface area contributed by atoms with Gasteiger partial charge in [-0.1, -0.05) is 6.92 Å². The van der Waals surface area contributed by atoms with Crippen molar-refractivity contribution in [1.29, 1.82) is 0 Å². The average molecular weight is 169 g/mol. The maximum Gasteiger partial charge on any atom is 0.401 e. The van der Waals surface area contributed by atoms with Gasteiger partial charge in [0.15, 0.2) is 0 Å². The fourth-order valence-corrected chi connectivity index (χ4v) is 1.20. The molecule has 12 heavy (non-hydrogen) atoms. The normalized spacial score (nSPS) is 12.1. The summed E-state index contributed by atoms with van der Waals surface area (Å²) in [6.45, 7) is 2.52. The molecule has 0 amide bonds. The summed E-state index contributed by atoms with van der Waals surface area (Å²) in [4.78, 5) is 13.8. The molecule has 0 spiro atoms. The Kier molecular flexibility index (Phi) is 1.30. The minimum absolute atomic E-state index is 0.0214. The van der Waals surface area contributed by atoms with E-state index in [4.69, 9.17) is 4.74 Å². The summed E-state index contributed by atoms with van der Waals surface area (Å²) in [5, 5.41) is 10.5. The molecule has 3 heterocycles. The highest BCUT2D eigenvalue weighted by atomic mass is 16.6. The van der Waals surface area contributed by atoms with Gasteiger partial charge in [-0.15, -0.1) is 4.98 Å². The van der Waals surface area contributed by atoms with Gasteiger partial charge < -0.3 is 14.9 Å². The smallest absolute Gasteiger partial charge is 0.380 e. The van der Waals surface area contributed by atoms with Crippen LogP contribution in [0.15, 0.2) is 0 Å². The third-order valence-corrected chi connectivity index (χ3v) is 1.68. The number of hydrogen-bond acceptors (Lipinski definition) is 4. The predicted molar refractivity (Wildman–Crippen MR) is 39.2 cm³/mol. The lowest BCUT2D eigenvalue weighted by atomic mass is 10.5. The van der Waals surface area contributed by atoms with Crippen LogP contribution in [-0.4, -0.2) is 14.5 Å². The fourth-order valence-electron chi connectivity index (χ4n) is 1.20. The van der Waals surface area contributed by atoms with Crippen molar-refractivity contribution < 1.29 is 9.66 Å². The van der Waals surface area contributed by atoms with E-state index in [-0.39, 0.29) is 11.7 Å². The Labute approximate surface area is 67.9 Å². The maximum absolute atomic E-state index is 10.5. The van der Waals surface area contributed by atoms with E-state index in [1.807, 2.05) is 6.92 Å². The van der Waals surface area contributed by atoms with Gasteiger partial charge in [0.1, 0.15) is 0 Å². The number of nitrogens with zero attached hydrogens (tertiary/aromatic N) is 3. The largest absolute Gasteiger partial charge is 0.401 e. The van der Waals surface area contributed by atoms with E-state index in [2.05, 4.69) is 4.98 Å². The van der Waals surface area contributed by atoms with Crippen LogP contribution in [0.1, 0.15) is 13.3 Å². The lowest BCUT2D eigenvalue weighted by Crippen LogP contribution is -2.00. The Morgan fingerprint density at radius 3 is 2.92 bits per heavy atom. The Bertz CT molecular complexity index is 344. The topological polar surface area (TPSA) is 70.2 Å². The molecule has 2 bridgehead atoms. The minimum atomic E-state index is -0.464. The Hall–Kier alpha value is -1.59. The molecule has 0 unspecified atom stereocenters. The van der Waals surface area contributed by atoms with E-state index in [1.165, 1.54) is 4.57 Å². The number of rotatable bonds is 3. The van der Waals surface area contributed by atoms with Crippen molar-refractivity contribution >= 4 is 5.82 Å². The van der Waals surface area contributed by atoms with Crippen LogP contribution in [0.3, 0.4) is 0 Å². The summed E-state index contributed by atoms with van der Waals surface area (Å²) >= 11 is 0. The van der Waals surface area contributed by atoms with Gasteiger partial charge in [0, 0.05) is 0 Å². The molecule has 0 radical (unpaired) electrons. The molecule has 3 rings (SSSR count). The van der Waals surface area contributed by atoms with Gasteiger partial charge >= 0.3 is 17.7 Å². The quantitative estimate of drug-likeness (QED) is 0.513. The van der Waals surface area contributed by atoms with E-state index in [1.54, 1.807) is 0 Å². The van der Waals surface area contributed by atoms with Gasteiger partial charge in [0.2, 0.25) is 0 Å². The van der Waals surface area contributed by atoms with Crippen molar-refractivity contribution in [3.63, 3.8) is 0 Å². The summed E-state index contributed by atoms with van der Waals surface area (Å²) in [6, 6.07) is 0.360. The highest BCUT2D eigenvalue weighted by Crippen LogP contribution is 2.42. The molecule has 1 aromatic heterocycles. The number of imidazole rings is 1. The summed E-state index contributed by atoms with van der Waals surface area (Å²) in [5.74, 6) is 0.121. The summed E-state index contributed by atoms with van der Waals surface area (Å²) in [7, 11) is 0. The molecule has 64 valence electrons. The first-order valence-corrected chi connectivity index (χ1v) is 3.66. The molecule has 0 N–H and O–H groups in total. The molecule has 0 aromatic carbocycles. The van der Waals surface area contributed by atoms with Crippen LogP contribution in [0.4, 0.5) is 5.82 Å². The maximum atomic E-state index is 10.5. The molecular formula is C6H7N3O3. The van der Waals surface area contributed by atoms with Crippen LogP contribution in [0.2, 0.25) is 0 Å². The molecule has 0 fully saturated rings. The minimum Gasteiger partial charge on any atom is -0.380 e. The van der Waals surface area contributed by atoms with Gasteiger partial charge in [-0.2, -0.15) is 4.57 Å². The van der Waals surface area contributed by atoms with Crippen LogP contribution >= 0.6 is 0 Å². The molecule has 6 nitrogen and oxygen atoms in total. The monoisotopic (exact) mass is 169 g/mol. The standard InChI is InChI=1S/C6H7N3O3/c1-2-3-8-5(9(10)11)4-7-6(8)12-4/h2-3H2,1H3. The van der Waals surface area contributed by atoms with Crippen molar-refractivity contribution in [2.75, 3.05) is 0 Å². The van der Waals surface area contributed by atoms with Gasteiger partial charge in [-0.25, -0.2) is 0 Å². The number of hydrogen-bond donors (Lipinski definition) is 0. The van der Waals surface area contributed by atoms with Gasteiger partial charge in [-0.3, -0.25) is 0 Å². The molecule has 6 heteroatoms. The molecule has 0 atom stereocenters. The van der Waals surface area contributed by atoms with Crippen LogP contribution in [-0.2, 0) is 6.54 Å². The van der Waals surface area contributed by atoms with E-state index < -0.39 is 4.92 Å². The summed E-state index contributed by atoms with van der Waals surface area (Å²) < 4.78 is 6.38. The van der Waals surface area contributed by atoms with Gasteiger partial charge in [0.25, 0.3) is 0 Å². The average Bonchev–Trinajstić information content (AvgIpc) is 2.39. The van der Waals surface area contributed by atoms with E-state index in [9.17, 15) is 10.1 Å². The lowest BCUT2D eigenvalue weighted by Gasteiger charge is -1.97. The number of nitro groups is 1. The number of fused-ring (bicyclic) bond motifs is 1. The predicted octanol–water partition coefficient (Wildman–Crippen LogP) is 1.31. The second-order valence-corrected chi connectivity index (χ2v) is 2.53. The van der Waals surface area contributed by atoms with Crippen LogP contribution in [0, 0.1) is 10.1 Å². The zero-order chi connectivity index (χ0) is 8.72. The summed E-state index contributed by atoms with van der Waals surface area (Å²) in [6.07, 6.45) is 0.826. The number of aromatic nitrogens is 2. The second kappa shape index (κ2) is 2.20. The third-order valence-electron chi connectivity index (χ3n) is 1.68. The van der Waals surface area contributed by atoms with E-state index in [0.717, 1.165) is 6.42 Å². The first-order chi connectivity index (χ1) is 5.74. The molecule has 0 saturated carbocycles. The van der Waals surface area contributed by atoms with Crippen molar-refractivity contribution in [2.24, 2.45) is 0 Å². The van der Waals surface area contributed by atoms with Gasteiger partial charge in [-0.05, 0) is 11.3 Å². The van der Waals surface area contributed by atoms with Crippen molar-refractivity contribution in [3.8, 4) is 11.9 Å². The molecule has 2 aliphatic rings. The zero-order valence-electron chi connectivity index (χ0n) is 6.48. The Morgan fingerprint density at radius 2 is 2.42 bits per heavy atom. The van der Waals surface area contributed by atoms with Crippen LogP contribution in [0.5, 0.6) is 11.9 Å². The Balaban J connectivity index is 2.41. The van der Waals surface area contributed by atoms with E-state index in [0.29, 0.717) is 12.6 Å². The molecule has 0 saturated heterocycles. The van der Waals surface area contributed by atoms with Crippen LogP contribution in [0.25, 0.3) is 0 Å². The van der Waals surface area contributed by atoms with Crippen molar-refractivity contribution in [3.05, 3.63) is 10.1 Å². The molecule has 0 aliphatic carbocycles. The first kappa shape index (κ1) is 7.08. The van der Waals surface area contributed by atoms with Crippen molar-refractivity contribution in [2.45, 2.75) is 19.9 Å².